The Hall–Kier alpha value is -0.730. The summed E-state index contributed by atoms with van der Waals surface area (Å²) in [6.07, 6.45) is 11.1. The molecule has 0 spiro atoms. The van der Waals surface area contributed by atoms with Crippen LogP contribution >= 0.6 is 11.8 Å². The van der Waals surface area contributed by atoms with E-state index in [2.05, 4.69) is 16.3 Å². The Morgan fingerprint density at radius 3 is 2.43 bits per heavy atom. The maximum Gasteiger partial charge on any atom is 0.234 e. The van der Waals surface area contributed by atoms with E-state index in [-0.39, 0.29) is 10.7 Å². The highest BCUT2D eigenvalue weighted by molar-refractivity contribution is 8.00. The smallest absolute Gasteiger partial charge is 0.234 e. The summed E-state index contributed by atoms with van der Waals surface area (Å²) in [5.74, 6) is 0.163. The molecule has 0 aromatic carbocycles. The van der Waals surface area contributed by atoms with Gasteiger partial charge in [-0.3, -0.25) is 9.69 Å². The molecule has 1 amide bonds. The molecule has 0 aromatic heterocycles. The van der Waals surface area contributed by atoms with E-state index >= 15 is 0 Å². The molecule has 1 saturated heterocycles. The third-order valence-electron chi connectivity index (χ3n) is 4.85. The van der Waals surface area contributed by atoms with E-state index in [0.717, 1.165) is 38.8 Å². The molecule has 1 saturated carbocycles. The molecule has 5 heteroatoms. The molecule has 4 nitrogen and oxygen atoms in total. The van der Waals surface area contributed by atoms with Gasteiger partial charge in [0.1, 0.15) is 4.75 Å². The van der Waals surface area contributed by atoms with Crippen LogP contribution in [0.4, 0.5) is 0 Å². The normalized spacial score (nSPS) is 24.0. The van der Waals surface area contributed by atoms with Crippen molar-refractivity contribution in [2.45, 2.75) is 62.2 Å². The molecule has 0 aromatic rings. The summed E-state index contributed by atoms with van der Waals surface area (Å²) in [4.78, 5) is 14.4. The third kappa shape index (κ3) is 4.89. The van der Waals surface area contributed by atoms with Crippen molar-refractivity contribution in [2.24, 2.45) is 0 Å². The number of piperidine rings is 1. The number of carbonyl (C=O) groups excluding carboxylic acids is 1. The minimum Gasteiger partial charge on any atom is -0.352 e. The standard InChI is InChI=1S/C16H27N3OS/c1-21-16(13-17)8-10-19(11-9-16)12-15(20)18-14-6-4-2-3-5-7-14/h14H,2-12H2,1H3,(H,18,20). The predicted octanol–water partition coefficient (Wildman–Crippen LogP) is 2.55. The molecule has 1 aliphatic heterocycles. The van der Waals surface area contributed by atoms with E-state index in [1.165, 1.54) is 25.7 Å². The number of nitrogens with zero attached hydrogens (tertiary/aromatic N) is 2. The Morgan fingerprint density at radius 1 is 1.29 bits per heavy atom. The predicted molar refractivity (Wildman–Crippen MR) is 87.2 cm³/mol. The van der Waals surface area contributed by atoms with Gasteiger partial charge in [-0.15, -0.1) is 11.8 Å². The van der Waals surface area contributed by atoms with Crippen LogP contribution in [0.1, 0.15) is 51.4 Å². The summed E-state index contributed by atoms with van der Waals surface area (Å²) < 4.78 is -0.228. The molecule has 2 aliphatic rings. The highest BCUT2D eigenvalue weighted by Gasteiger charge is 2.34. The van der Waals surface area contributed by atoms with E-state index in [9.17, 15) is 10.1 Å². The summed E-state index contributed by atoms with van der Waals surface area (Å²) in [5, 5.41) is 12.5. The van der Waals surface area contributed by atoms with Crippen LogP contribution in [0, 0.1) is 11.3 Å². The van der Waals surface area contributed by atoms with E-state index in [1.807, 2.05) is 6.26 Å². The second kappa shape index (κ2) is 8.05. The Bertz CT molecular complexity index is 377. The van der Waals surface area contributed by atoms with E-state index in [0.29, 0.717) is 12.6 Å². The van der Waals surface area contributed by atoms with Crippen molar-refractivity contribution >= 4 is 17.7 Å². The summed E-state index contributed by atoms with van der Waals surface area (Å²) >= 11 is 1.66. The van der Waals surface area contributed by atoms with Gasteiger partial charge < -0.3 is 5.32 Å². The molecule has 0 radical (unpaired) electrons. The molecule has 21 heavy (non-hydrogen) atoms. The van der Waals surface area contributed by atoms with E-state index in [4.69, 9.17) is 0 Å². The highest BCUT2D eigenvalue weighted by Crippen LogP contribution is 2.33. The average molecular weight is 309 g/mol. The van der Waals surface area contributed by atoms with Crippen LogP contribution in [-0.2, 0) is 4.79 Å². The van der Waals surface area contributed by atoms with Gasteiger partial charge in [0.15, 0.2) is 0 Å². The van der Waals surface area contributed by atoms with Gasteiger partial charge in [0.2, 0.25) is 5.91 Å². The highest BCUT2D eigenvalue weighted by atomic mass is 32.2. The van der Waals surface area contributed by atoms with Gasteiger partial charge in [0.05, 0.1) is 12.6 Å². The number of amides is 1. The van der Waals surface area contributed by atoms with Crippen LogP contribution in [0.2, 0.25) is 0 Å². The minimum absolute atomic E-state index is 0.163. The monoisotopic (exact) mass is 309 g/mol. The first-order valence-electron chi connectivity index (χ1n) is 8.15. The lowest BCUT2D eigenvalue weighted by atomic mass is 9.97. The van der Waals surface area contributed by atoms with E-state index < -0.39 is 0 Å². The van der Waals surface area contributed by atoms with Crippen molar-refractivity contribution in [1.82, 2.24) is 10.2 Å². The van der Waals surface area contributed by atoms with Crippen molar-refractivity contribution in [3.05, 3.63) is 0 Å². The Kier molecular flexibility index (Phi) is 6.38. The average Bonchev–Trinajstić information content (AvgIpc) is 2.77. The zero-order valence-corrected chi connectivity index (χ0v) is 13.9. The van der Waals surface area contributed by atoms with Crippen LogP contribution in [0.5, 0.6) is 0 Å². The van der Waals surface area contributed by atoms with Gasteiger partial charge in [0, 0.05) is 19.1 Å². The number of rotatable bonds is 4. The summed E-state index contributed by atoms with van der Waals surface area (Å²) in [6.45, 7) is 2.20. The summed E-state index contributed by atoms with van der Waals surface area (Å²) in [5.41, 5.74) is 0. The van der Waals surface area contributed by atoms with Gasteiger partial charge in [-0.2, -0.15) is 5.26 Å². The van der Waals surface area contributed by atoms with Crippen LogP contribution in [0.15, 0.2) is 0 Å². The minimum atomic E-state index is -0.228. The Balaban J connectivity index is 1.73. The van der Waals surface area contributed by atoms with Crippen molar-refractivity contribution in [2.75, 3.05) is 25.9 Å². The lowest BCUT2D eigenvalue weighted by molar-refractivity contribution is -0.123. The zero-order chi connectivity index (χ0) is 15.1. The Morgan fingerprint density at radius 2 is 1.90 bits per heavy atom. The first-order valence-corrected chi connectivity index (χ1v) is 9.38. The van der Waals surface area contributed by atoms with Crippen LogP contribution in [0.3, 0.4) is 0 Å². The van der Waals surface area contributed by atoms with Gasteiger partial charge >= 0.3 is 0 Å². The number of nitrogens with one attached hydrogen (secondary N) is 1. The quantitative estimate of drug-likeness (QED) is 0.811. The number of carbonyl (C=O) groups is 1. The maximum absolute atomic E-state index is 12.2. The number of nitriles is 1. The molecular weight excluding hydrogens is 282 g/mol. The first kappa shape index (κ1) is 16.6. The molecule has 1 N–H and O–H groups in total. The van der Waals surface area contributed by atoms with Crippen molar-refractivity contribution in [1.29, 1.82) is 5.26 Å². The lowest BCUT2D eigenvalue weighted by Crippen LogP contribution is -2.47. The lowest BCUT2D eigenvalue weighted by Gasteiger charge is -2.35. The van der Waals surface area contributed by atoms with Gasteiger partial charge in [-0.05, 0) is 31.9 Å². The fourth-order valence-electron chi connectivity index (χ4n) is 3.33. The molecule has 0 atom stereocenters. The number of thioether (sulfide) groups is 1. The van der Waals surface area contributed by atoms with E-state index in [1.54, 1.807) is 11.8 Å². The first-order chi connectivity index (χ1) is 10.2. The van der Waals surface area contributed by atoms with Gasteiger partial charge in [-0.25, -0.2) is 0 Å². The second-order valence-electron chi connectivity index (χ2n) is 6.34. The third-order valence-corrected chi connectivity index (χ3v) is 6.13. The van der Waals surface area contributed by atoms with Crippen molar-refractivity contribution in [3.8, 4) is 6.07 Å². The van der Waals surface area contributed by atoms with Crippen LogP contribution in [0.25, 0.3) is 0 Å². The van der Waals surface area contributed by atoms with Crippen LogP contribution < -0.4 is 5.32 Å². The fraction of sp³-hybridized carbons (Fsp3) is 0.875. The SMILES string of the molecule is CSC1(C#N)CCN(CC(=O)NC2CCCCCC2)CC1. The number of hydrogen-bond acceptors (Lipinski definition) is 4. The molecular formula is C16H27N3OS. The Labute approximate surface area is 132 Å². The molecule has 0 unspecified atom stereocenters. The molecule has 2 rings (SSSR count). The van der Waals surface area contributed by atoms with Crippen molar-refractivity contribution in [3.63, 3.8) is 0 Å². The second-order valence-corrected chi connectivity index (χ2v) is 7.53. The van der Waals surface area contributed by atoms with Gasteiger partial charge in [-0.1, -0.05) is 25.7 Å². The molecule has 1 aliphatic carbocycles. The molecule has 2 fully saturated rings. The number of likely N-dealkylation sites (tertiary alicyclic amines) is 1. The summed E-state index contributed by atoms with van der Waals surface area (Å²) in [6, 6.07) is 2.83. The number of hydrogen-bond donors (Lipinski definition) is 1. The molecule has 118 valence electrons. The maximum atomic E-state index is 12.2. The van der Waals surface area contributed by atoms with Gasteiger partial charge in [0.25, 0.3) is 0 Å². The van der Waals surface area contributed by atoms with Crippen LogP contribution in [-0.4, -0.2) is 47.5 Å². The topological polar surface area (TPSA) is 56.1 Å². The summed E-state index contributed by atoms with van der Waals surface area (Å²) in [7, 11) is 0. The van der Waals surface area contributed by atoms with Crippen molar-refractivity contribution < 1.29 is 4.79 Å². The fourth-order valence-corrected chi connectivity index (χ4v) is 4.02. The zero-order valence-electron chi connectivity index (χ0n) is 13.1. The largest absolute Gasteiger partial charge is 0.352 e. The molecule has 1 heterocycles. The molecule has 0 bridgehead atoms.